The average molecular weight is 382 g/mol. The molecule has 0 radical (unpaired) electrons. The minimum atomic E-state index is -1.05. The van der Waals surface area contributed by atoms with Gasteiger partial charge in [-0.25, -0.2) is 4.98 Å². The number of aliphatic hydroxyl groups is 1. The van der Waals surface area contributed by atoms with E-state index in [1.54, 1.807) is 6.92 Å². The minimum absolute atomic E-state index is 0.000726. The molecule has 3 aromatic rings. The Balaban J connectivity index is 1.41. The van der Waals surface area contributed by atoms with Crippen LogP contribution in [0, 0.1) is 5.92 Å². The highest BCUT2D eigenvalue weighted by molar-refractivity contribution is 7.08. The number of benzene rings is 1. The molecule has 1 aliphatic heterocycles. The Kier molecular flexibility index (Phi) is 4.85. The second-order valence-corrected chi connectivity index (χ2v) is 8.06. The van der Waals surface area contributed by atoms with Crippen LogP contribution in [0.1, 0.15) is 24.6 Å². The molecule has 4 rings (SSSR count). The molecule has 27 heavy (non-hydrogen) atoms. The van der Waals surface area contributed by atoms with Crippen molar-refractivity contribution in [3.05, 3.63) is 64.6 Å². The van der Waals surface area contributed by atoms with Gasteiger partial charge in [0.05, 0.1) is 6.54 Å². The molecule has 0 saturated heterocycles. The largest absolute Gasteiger partial charge is 0.384 e. The van der Waals surface area contributed by atoms with Crippen LogP contribution in [0.2, 0.25) is 0 Å². The standard InChI is InChI=1S/C21H23N3O2S/c1-21(26,17-8-10-27-13-17)14-23-20(25)16-7-9-24-18(11-16)12-22-19(24)15-5-3-2-4-6-15/h2-6,8,10,12-13,16,26H,7,9,11,14H2,1H3,(H,23,25). The van der Waals surface area contributed by atoms with E-state index in [2.05, 4.69) is 27.0 Å². The first-order valence-corrected chi connectivity index (χ1v) is 10.1. The van der Waals surface area contributed by atoms with E-state index in [0.717, 1.165) is 35.6 Å². The Morgan fingerprint density at radius 2 is 2.19 bits per heavy atom. The maximum absolute atomic E-state index is 12.7. The summed E-state index contributed by atoms with van der Waals surface area (Å²) in [6.45, 7) is 2.73. The molecule has 0 bridgehead atoms. The van der Waals surface area contributed by atoms with Crippen molar-refractivity contribution in [3.8, 4) is 11.4 Å². The van der Waals surface area contributed by atoms with E-state index in [0.29, 0.717) is 6.42 Å². The van der Waals surface area contributed by atoms with E-state index in [1.807, 2.05) is 41.2 Å². The maximum Gasteiger partial charge on any atom is 0.223 e. The molecular weight excluding hydrogens is 358 g/mol. The summed E-state index contributed by atoms with van der Waals surface area (Å²) >= 11 is 1.54. The third kappa shape index (κ3) is 3.68. The van der Waals surface area contributed by atoms with Crippen LogP contribution in [0.5, 0.6) is 0 Å². The number of hydrogen-bond acceptors (Lipinski definition) is 4. The molecule has 0 saturated carbocycles. The number of fused-ring (bicyclic) bond motifs is 1. The average Bonchev–Trinajstić information content (AvgIpc) is 3.36. The Morgan fingerprint density at radius 3 is 2.93 bits per heavy atom. The molecule has 0 aliphatic carbocycles. The fourth-order valence-corrected chi connectivity index (χ4v) is 4.36. The zero-order chi connectivity index (χ0) is 18.9. The van der Waals surface area contributed by atoms with Crippen molar-refractivity contribution in [2.24, 2.45) is 5.92 Å². The van der Waals surface area contributed by atoms with Gasteiger partial charge in [0.2, 0.25) is 5.91 Å². The van der Waals surface area contributed by atoms with Crippen LogP contribution in [0.4, 0.5) is 0 Å². The summed E-state index contributed by atoms with van der Waals surface area (Å²) in [5.74, 6) is 0.875. The van der Waals surface area contributed by atoms with Gasteiger partial charge in [-0.2, -0.15) is 11.3 Å². The number of nitrogens with one attached hydrogen (secondary N) is 1. The van der Waals surface area contributed by atoms with E-state index in [1.165, 1.54) is 11.3 Å². The quantitative estimate of drug-likeness (QED) is 0.713. The third-order valence-corrected chi connectivity index (χ3v) is 5.93. The Labute approximate surface area is 162 Å². The fourth-order valence-electron chi connectivity index (χ4n) is 3.58. The lowest BCUT2D eigenvalue weighted by atomic mass is 9.94. The normalized spacial score (nSPS) is 18.5. The van der Waals surface area contributed by atoms with Crippen molar-refractivity contribution >= 4 is 17.2 Å². The molecule has 0 fully saturated rings. The van der Waals surface area contributed by atoms with Crippen molar-refractivity contribution < 1.29 is 9.90 Å². The zero-order valence-corrected chi connectivity index (χ0v) is 16.1. The zero-order valence-electron chi connectivity index (χ0n) is 15.3. The number of hydrogen-bond donors (Lipinski definition) is 2. The molecule has 2 atom stereocenters. The lowest BCUT2D eigenvalue weighted by Crippen LogP contribution is -2.42. The van der Waals surface area contributed by atoms with Crippen molar-refractivity contribution in [2.45, 2.75) is 31.9 Å². The van der Waals surface area contributed by atoms with E-state index in [4.69, 9.17) is 0 Å². The monoisotopic (exact) mass is 381 g/mol. The first-order valence-electron chi connectivity index (χ1n) is 9.17. The number of rotatable bonds is 5. The van der Waals surface area contributed by atoms with Crippen molar-refractivity contribution in [1.82, 2.24) is 14.9 Å². The topological polar surface area (TPSA) is 67.2 Å². The highest BCUT2D eigenvalue weighted by Gasteiger charge is 2.29. The molecule has 1 amide bonds. The van der Waals surface area contributed by atoms with Gasteiger partial charge in [0.1, 0.15) is 11.4 Å². The molecule has 2 N–H and O–H groups in total. The molecule has 2 aromatic heterocycles. The number of thiophene rings is 1. The molecule has 1 aliphatic rings. The third-order valence-electron chi connectivity index (χ3n) is 5.25. The van der Waals surface area contributed by atoms with Crippen LogP contribution in [-0.2, 0) is 23.4 Å². The second-order valence-electron chi connectivity index (χ2n) is 7.28. The smallest absolute Gasteiger partial charge is 0.223 e. The minimum Gasteiger partial charge on any atom is -0.384 e. The first-order chi connectivity index (χ1) is 13.0. The summed E-state index contributed by atoms with van der Waals surface area (Å²) < 4.78 is 2.21. The van der Waals surface area contributed by atoms with Crippen molar-refractivity contribution in [3.63, 3.8) is 0 Å². The second kappa shape index (κ2) is 7.29. The molecule has 5 nitrogen and oxygen atoms in total. The van der Waals surface area contributed by atoms with E-state index in [9.17, 15) is 9.90 Å². The Bertz CT molecular complexity index is 916. The van der Waals surface area contributed by atoms with Crippen LogP contribution >= 0.6 is 11.3 Å². The van der Waals surface area contributed by atoms with Gasteiger partial charge in [0.15, 0.2) is 0 Å². The predicted octanol–water partition coefficient (Wildman–Crippen LogP) is 3.20. The SMILES string of the molecule is CC(O)(CNC(=O)C1CCn2c(cnc2-c2ccccc2)C1)c1ccsc1. The highest BCUT2D eigenvalue weighted by atomic mass is 32.1. The van der Waals surface area contributed by atoms with Gasteiger partial charge in [-0.1, -0.05) is 30.3 Å². The van der Waals surface area contributed by atoms with Gasteiger partial charge in [0.25, 0.3) is 0 Å². The molecule has 140 valence electrons. The predicted molar refractivity (Wildman–Crippen MR) is 106 cm³/mol. The summed E-state index contributed by atoms with van der Waals surface area (Å²) in [5.41, 5.74) is 1.97. The number of aromatic nitrogens is 2. The molecule has 0 spiro atoms. The van der Waals surface area contributed by atoms with Gasteiger partial charge in [-0.15, -0.1) is 0 Å². The Hall–Kier alpha value is -2.44. The van der Waals surface area contributed by atoms with Crippen LogP contribution in [0.3, 0.4) is 0 Å². The van der Waals surface area contributed by atoms with E-state index < -0.39 is 5.60 Å². The van der Waals surface area contributed by atoms with Crippen LogP contribution < -0.4 is 5.32 Å². The highest BCUT2D eigenvalue weighted by Crippen LogP contribution is 2.28. The van der Waals surface area contributed by atoms with Crippen LogP contribution in [0.15, 0.2) is 53.4 Å². The first kappa shape index (κ1) is 17.9. The Morgan fingerprint density at radius 1 is 1.37 bits per heavy atom. The number of imidazole rings is 1. The molecule has 2 unspecified atom stereocenters. The summed E-state index contributed by atoms with van der Waals surface area (Å²) in [7, 11) is 0. The van der Waals surface area contributed by atoms with E-state index in [-0.39, 0.29) is 18.4 Å². The fraction of sp³-hybridized carbons (Fsp3) is 0.333. The molecular formula is C21H23N3O2S. The number of amides is 1. The van der Waals surface area contributed by atoms with E-state index >= 15 is 0 Å². The lowest BCUT2D eigenvalue weighted by Gasteiger charge is -2.27. The van der Waals surface area contributed by atoms with Gasteiger partial charge in [-0.05, 0) is 35.7 Å². The molecule has 1 aromatic carbocycles. The van der Waals surface area contributed by atoms with Gasteiger partial charge in [0, 0.05) is 36.3 Å². The summed E-state index contributed by atoms with van der Waals surface area (Å²) in [6.07, 6.45) is 3.32. The lowest BCUT2D eigenvalue weighted by molar-refractivity contribution is -0.126. The molecule has 3 heterocycles. The maximum atomic E-state index is 12.7. The van der Waals surface area contributed by atoms with Gasteiger partial charge < -0.3 is 15.0 Å². The number of carbonyl (C=O) groups is 1. The van der Waals surface area contributed by atoms with Crippen molar-refractivity contribution in [1.29, 1.82) is 0 Å². The number of nitrogens with zero attached hydrogens (tertiary/aromatic N) is 2. The summed E-state index contributed by atoms with van der Waals surface area (Å²) in [4.78, 5) is 17.2. The van der Waals surface area contributed by atoms with Gasteiger partial charge in [-0.3, -0.25) is 4.79 Å². The van der Waals surface area contributed by atoms with Crippen LogP contribution in [-0.4, -0.2) is 27.1 Å². The number of carbonyl (C=O) groups excluding carboxylic acids is 1. The van der Waals surface area contributed by atoms with Crippen LogP contribution in [0.25, 0.3) is 11.4 Å². The summed E-state index contributed by atoms with van der Waals surface area (Å²) in [6, 6.07) is 12.0. The van der Waals surface area contributed by atoms with Gasteiger partial charge >= 0.3 is 0 Å². The molecule has 6 heteroatoms. The summed E-state index contributed by atoms with van der Waals surface area (Å²) in [5, 5.41) is 17.4. The van der Waals surface area contributed by atoms with Crippen molar-refractivity contribution in [2.75, 3.05) is 6.54 Å².